The third-order valence-corrected chi connectivity index (χ3v) is 1.93. The molecule has 1 heterocycles. The Morgan fingerprint density at radius 2 is 2.07 bits per heavy atom. The van der Waals surface area contributed by atoms with E-state index in [1.54, 1.807) is 0 Å². The summed E-state index contributed by atoms with van der Waals surface area (Å²) in [5.41, 5.74) is 0. The van der Waals surface area contributed by atoms with Crippen molar-refractivity contribution in [3.63, 3.8) is 0 Å². The van der Waals surface area contributed by atoms with Crippen LogP contribution < -0.4 is 0 Å². The topological polar surface area (TPSA) is 25.2 Å². The zero-order valence-electron chi connectivity index (χ0n) is 6.52. The third-order valence-electron chi connectivity index (χ3n) is 1.16. The predicted octanol–water partition coefficient (Wildman–Crippen LogP) is 3.68. The van der Waals surface area contributed by atoms with Gasteiger partial charge in [0.2, 0.25) is 5.17 Å². The van der Waals surface area contributed by atoms with Gasteiger partial charge in [0.25, 0.3) is 0 Å². The second-order valence-corrected chi connectivity index (χ2v) is 3.51. The molecule has 2 nitrogen and oxygen atoms in total. The number of rotatable bonds is 1. The van der Waals surface area contributed by atoms with Crippen LogP contribution in [-0.4, -0.2) is 16.3 Å². The number of hydrogen-bond acceptors (Lipinski definition) is 2. The van der Waals surface area contributed by atoms with Crippen LogP contribution in [0.2, 0.25) is 0 Å². The summed E-state index contributed by atoms with van der Waals surface area (Å²) in [7, 11) is 0. The van der Waals surface area contributed by atoms with E-state index in [1.807, 2.05) is 0 Å². The minimum atomic E-state index is -4.63. The fraction of sp³-hybridized carbons (Fsp3) is 0.143. The number of nitrogens with zero attached hydrogens (tertiary/aromatic N) is 2. The summed E-state index contributed by atoms with van der Waals surface area (Å²) in [5, 5.41) is -1.44. The lowest BCUT2D eigenvalue weighted by Crippen LogP contribution is -2.16. The van der Waals surface area contributed by atoms with Gasteiger partial charge in [0.1, 0.15) is 0 Å². The lowest BCUT2D eigenvalue weighted by atomic mass is 10.5. The van der Waals surface area contributed by atoms with E-state index in [9.17, 15) is 13.2 Å². The Hall–Kier alpha value is -0.620. The van der Waals surface area contributed by atoms with E-state index in [1.165, 1.54) is 18.3 Å². The highest BCUT2D eigenvalue weighted by Gasteiger charge is 2.34. The summed E-state index contributed by atoms with van der Waals surface area (Å²) in [4.78, 5) is 6.71. The number of pyridine rings is 1. The van der Waals surface area contributed by atoms with E-state index < -0.39 is 11.3 Å². The SMILES string of the molecule is FC(F)(F)C(Cl)=Nc1ccc(Br)cn1. The third kappa shape index (κ3) is 3.26. The maximum Gasteiger partial charge on any atom is 0.444 e. The van der Waals surface area contributed by atoms with E-state index in [4.69, 9.17) is 11.6 Å². The predicted molar refractivity (Wildman–Crippen MR) is 50.9 cm³/mol. The molecular weight excluding hydrogens is 284 g/mol. The van der Waals surface area contributed by atoms with Crippen LogP contribution in [0.3, 0.4) is 0 Å². The van der Waals surface area contributed by atoms with Crippen molar-refractivity contribution in [1.82, 2.24) is 4.98 Å². The molecule has 0 aromatic carbocycles. The first-order valence-corrected chi connectivity index (χ1v) is 4.49. The van der Waals surface area contributed by atoms with Crippen LogP contribution in [0.4, 0.5) is 19.0 Å². The quantitative estimate of drug-likeness (QED) is 0.723. The Balaban J connectivity index is 2.93. The van der Waals surface area contributed by atoms with E-state index in [-0.39, 0.29) is 5.82 Å². The molecule has 0 saturated heterocycles. The molecule has 0 aliphatic rings. The maximum absolute atomic E-state index is 11.9. The van der Waals surface area contributed by atoms with Crippen LogP contribution in [0.15, 0.2) is 27.8 Å². The Bertz CT molecular complexity index is 347. The second-order valence-electron chi connectivity index (χ2n) is 2.23. The van der Waals surface area contributed by atoms with E-state index in [2.05, 4.69) is 25.9 Å². The summed E-state index contributed by atoms with van der Waals surface area (Å²) in [6, 6.07) is 2.84. The highest BCUT2D eigenvalue weighted by Crippen LogP contribution is 2.23. The van der Waals surface area contributed by atoms with E-state index in [0.717, 1.165) is 0 Å². The van der Waals surface area contributed by atoms with E-state index >= 15 is 0 Å². The van der Waals surface area contributed by atoms with Crippen molar-refractivity contribution in [3.8, 4) is 0 Å². The smallest absolute Gasteiger partial charge is 0.236 e. The molecule has 7 heteroatoms. The van der Waals surface area contributed by atoms with E-state index in [0.29, 0.717) is 4.47 Å². The number of alkyl halides is 3. The highest BCUT2D eigenvalue weighted by atomic mass is 79.9. The van der Waals surface area contributed by atoms with Crippen LogP contribution in [-0.2, 0) is 0 Å². The minimum absolute atomic E-state index is 0.0875. The van der Waals surface area contributed by atoms with Gasteiger partial charge in [-0.05, 0) is 28.1 Å². The number of aromatic nitrogens is 1. The Morgan fingerprint density at radius 3 is 2.50 bits per heavy atom. The molecule has 0 aliphatic carbocycles. The van der Waals surface area contributed by atoms with Crippen LogP contribution in [0.1, 0.15) is 0 Å². The highest BCUT2D eigenvalue weighted by molar-refractivity contribution is 9.10. The van der Waals surface area contributed by atoms with Crippen molar-refractivity contribution in [2.45, 2.75) is 6.18 Å². The monoisotopic (exact) mass is 286 g/mol. The van der Waals surface area contributed by atoms with Gasteiger partial charge in [-0.25, -0.2) is 9.98 Å². The van der Waals surface area contributed by atoms with Gasteiger partial charge in [0.05, 0.1) is 0 Å². The average Bonchev–Trinajstić information content (AvgIpc) is 2.07. The van der Waals surface area contributed by atoms with Crippen LogP contribution in [0.25, 0.3) is 0 Å². The van der Waals surface area contributed by atoms with Gasteiger partial charge in [-0.3, -0.25) is 0 Å². The molecule has 0 saturated carbocycles. The lowest BCUT2D eigenvalue weighted by Gasteiger charge is -2.02. The molecule has 0 bridgehead atoms. The number of aliphatic imine (C=N–C) groups is 1. The van der Waals surface area contributed by atoms with Gasteiger partial charge >= 0.3 is 6.18 Å². The van der Waals surface area contributed by atoms with Crippen LogP contribution >= 0.6 is 27.5 Å². The summed E-state index contributed by atoms with van der Waals surface area (Å²) in [6.07, 6.45) is -3.30. The normalized spacial score (nSPS) is 13.1. The lowest BCUT2D eigenvalue weighted by molar-refractivity contribution is -0.0558. The Morgan fingerprint density at radius 1 is 1.43 bits per heavy atom. The molecule has 76 valence electrons. The largest absolute Gasteiger partial charge is 0.444 e. The Kier molecular flexibility index (Phi) is 3.49. The van der Waals surface area contributed by atoms with Gasteiger partial charge in [-0.15, -0.1) is 0 Å². The summed E-state index contributed by atoms with van der Waals surface area (Å²) >= 11 is 7.99. The van der Waals surface area contributed by atoms with Gasteiger partial charge < -0.3 is 0 Å². The van der Waals surface area contributed by atoms with Gasteiger partial charge in [-0.2, -0.15) is 13.2 Å². The zero-order valence-corrected chi connectivity index (χ0v) is 8.86. The molecule has 14 heavy (non-hydrogen) atoms. The van der Waals surface area contributed by atoms with Crippen molar-refractivity contribution >= 4 is 38.5 Å². The van der Waals surface area contributed by atoms with Gasteiger partial charge in [0, 0.05) is 10.7 Å². The van der Waals surface area contributed by atoms with Crippen LogP contribution in [0, 0.1) is 0 Å². The van der Waals surface area contributed by atoms with Crippen molar-refractivity contribution in [3.05, 3.63) is 22.8 Å². The zero-order chi connectivity index (χ0) is 10.8. The fourth-order valence-electron chi connectivity index (χ4n) is 0.598. The van der Waals surface area contributed by atoms with Crippen molar-refractivity contribution < 1.29 is 13.2 Å². The molecule has 0 aliphatic heterocycles. The molecule has 0 radical (unpaired) electrons. The minimum Gasteiger partial charge on any atom is -0.236 e. The molecule has 0 unspecified atom stereocenters. The second kappa shape index (κ2) is 4.27. The first kappa shape index (κ1) is 11.5. The molecule has 1 aromatic rings. The molecule has 0 atom stereocenters. The molecule has 0 spiro atoms. The molecule has 0 amide bonds. The summed E-state index contributed by atoms with van der Waals surface area (Å²) in [5.74, 6) is -0.0875. The van der Waals surface area contributed by atoms with Crippen molar-refractivity contribution in [2.75, 3.05) is 0 Å². The summed E-state index contributed by atoms with van der Waals surface area (Å²) < 4.78 is 36.4. The molecule has 1 rings (SSSR count). The number of halogens is 5. The first-order valence-electron chi connectivity index (χ1n) is 3.32. The maximum atomic E-state index is 11.9. The van der Waals surface area contributed by atoms with Crippen LogP contribution in [0.5, 0.6) is 0 Å². The molecule has 0 N–H and O–H groups in total. The van der Waals surface area contributed by atoms with Gasteiger partial charge in [0.15, 0.2) is 5.82 Å². The molecule has 1 aromatic heterocycles. The standard InChI is InChI=1S/C7H3BrClF3N2/c8-4-1-2-5(13-3-4)14-6(9)7(10,11)12/h1-3H. The molecule has 0 fully saturated rings. The number of hydrogen-bond donors (Lipinski definition) is 0. The Labute approximate surface area is 90.9 Å². The van der Waals surface area contributed by atoms with Crippen molar-refractivity contribution in [1.29, 1.82) is 0 Å². The first-order chi connectivity index (χ1) is 6.39. The van der Waals surface area contributed by atoms with Crippen molar-refractivity contribution in [2.24, 2.45) is 4.99 Å². The summed E-state index contributed by atoms with van der Waals surface area (Å²) in [6.45, 7) is 0. The molecular formula is C7H3BrClF3N2. The average molecular weight is 287 g/mol. The fourth-order valence-corrected chi connectivity index (χ4v) is 0.919. The van der Waals surface area contributed by atoms with Gasteiger partial charge in [-0.1, -0.05) is 11.6 Å².